The number of amides is 2. The highest BCUT2D eigenvalue weighted by atomic mass is 79.9. The Hall–Kier alpha value is -2.12. The van der Waals surface area contributed by atoms with E-state index in [9.17, 15) is 14.4 Å². The molecule has 1 aliphatic heterocycles. The van der Waals surface area contributed by atoms with Crippen LogP contribution in [0.1, 0.15) is 31.8 Å². The van der Waals surface area contributed by atoms with Crippen molar-refractivity contribution in [2.24, 2.45) is 0 Å². The summed E-state index contributed by atoms with van der Waals surface area (Å²) in [5, 5.41) is 2.43. The minimum Gasteiger partial charge on any atom is -0.384 e. The summed E-state index contributed by atoms with van der Waals surface area (Å²) in [4.78, 5) is 36.1. The number of nitrogen functional groups attached to an aromatic ring is 1. The van der Waals surface area contributed by atoms with Gasteiger partial charge in [-0.05, 0) is 47.0 Å². The van der Waals surface area contributed by atoms with Crippen LogP contribution in [0.2, 0.25) is 5.02 Å². The zero-order valence-electron chi connectivity index (χ0n) is 12.2. The van der Waals surface area contributed by atoms with Gasteiger partial charge in [-0.2, -0.15) is 0 Å². The monoisotopic (exact) mass is 395 g/mol. The second-order valence-corrected chi connectivity index (χ2v) is 6.44. The highest BCUT2D eigenvalue weighted by Gasteiger charge is 2.32. The first kappa shape index (κ1) is 15.8. The van der Waals surface area contributed by atoms with E-state index < -0.39 is 17.4 Å². The standard InChI is InChI=1S/C15H11BrClN3O3/c1-5-3-8(17)12(11(16)6(5)2)20-9(21)4-7-10(13(20)18)15(23)19-14(7)22/h3-4H,18H2,1-2H3,(H,19,22,23). The second-order valence-electron chi connectivity index (χ2n) is 5.24. The Morgan fingerprint density at radius 2 is 1.83 bits per heavy atom. The second kappa shape index (κ2) is 5.21. The lowest BCUT2D eigenvalue weighted by molar-refractivity contribution is 0.0880. The number of nitrogens with one attached hydrogen (secondary N) is 1. The van der Waals surface area contributed by atoms with Gasteiger partial charge in [0.1, 0.15) is 5.82 Å². The number of hydrogen-bond donors (Lipinski definition) is 2. The quantitative estimate of drug-likeness (QED) is 0.723. The van der Waals surface area contributed by atoms with E-state index in [-0.39, 0.29) is 16.9 Å². The van der Waals surface area contributed by atoms with E-state index in [1.165, 1.54) is 0 Å². The van der Waals surface area contributed by atoms with E-state index in [0.717, 1.165) is 21.8 Å². The summed E-state index contributed by atoms with van der Waals surface area (Å²) in [6.45, 7) is 3.75. The maximum absolute atomic E-state index is 12.5. The number of nitrogens with two attached hydrogens (primary N) is 1. The number of benzene rings is 1. The molecule has 0 fully saturated rings. The Morgan fingerprint density at radius 1 is 1.17 bits per heavy atom. The van der Waals surface area contributed by atoms with E-state index in [0.29, 0.717) is 15.2 Å². The highest BCUT2D eigenvalue weighted by Crippen LogP contribution is 2.35. The first-order valence-corrected chi connectivity index (χ1v) is 7.78. The van der Waals surface area contributed by atoms with Crippen LogP contribution in [0.3, 0.4) is 0 Å². The molecule has 0 unspecified atom stereocenters. The molecule has 0 spiro atoms. The summed E-state index contributed by atoms with van der Waals surface area (Å²) in [5.41, 5.74) is 7.59. The van der Waals surface area contributed by atoms with Crippen LogP contribution in [0, 0.1) is 13.8 Å². The predicted molar refractivity (Wildman–Crippen MR) is 90.4 cm³/mol. The summed E-state index contributed by atoms with van der Waals surface area (Å²) in [6.07, 6.45) is 0. The van der Waals surface area contributed by atoms with Crippen LogP contribution >= 0.6 is 27.5 Å². The number of carbonyl (C=O) groups excluding carboxylic acids is 2. The molecule has 3 rings (SSSR count). The molecule has 3 N–H and O–H groups in total. The number of aryl methyl sites for hydroxylation is 1. The number of aromatic nitrogens is 1. The minimum absolute atomic E-state index is 0.0178. The van der Waals surface area contributed by atoms with Gasteiger partial charge in [0.25, 0.3) is 17.4 Å². The third-order valence-corrected chi connectivity index (χ3v) is 5.13. The lowest BCUT2D eigenvalue weighted by Crippen LogP contribution is -2.25. The molecule has 8 heteroatoms. The minimum atomic E-state index is -0.633. The van der Waals surface area contributed by atoms with Crippen molar-refractivity contribution in [2.75, 3.05) is 5.73 Å². The van der Waals surface area contributed by atoms with E-state index in [4.69, 9.17) is 17.3 Å². The van der Waals surface area contributed by atoms with E-state index in [1.807, 2.05) is 13.8 Å². The third kappa shape index (κ3) is 2.19. The number of carbonyl (C=O) groups is 2. The van der Waals surface area contributed by atoms with Crippen molar-refractivity contribution in [2.45, 2.75) is 13.8 Å². The van der Waals surface area contributed by atoms with Gasteiger partial charge < -0.3 is 5.73 Å². The molecule has 0 radical (unpaired) electrons. The summed E-state index contributed by atoms with van der Waals surface area (Å²) >= 11 is 9.72. The number of anilines is 1. The Labute approximate surface area is 144 Å². The number of rotatable bonds is 1. The van der Waals surface area contributed by atoms with Crippen molar-refractivity contribution in [1.29, 1.82) is 0 Å². The van der Waals surface area contributed by atoms with Crippen molar-refractivity contribution in [1.82, 2.24) is 9.88 Å². The van der Waals surface area contributed by atoms with E-state index >= 15 is 0 Å². The summed E-state index contributed by atoms with van der Waals surface area (Å²) in [7, 11) is 0. The van der Waals surface area contributed by atoms with Crippen LogP contribution in [0.5, 0.6) is 0 Å². The lowest BCUT2D eigenvalue weighted by atomic mass is 10.1. The zero-order chi connectivity index (χ0) is 17.0. The first-order valence-electron chi connectivity index (χ1n) is 6.60. The number of nitrogens with zero attached hydrogens (tertiary/aromatic N) is 1. The molecule has 23 heavy (non-hydrogen) atoms. The van der Waals surface area contributed by atoms with Crippen molar-refractivity contribution in [3.63, 3.8) is 0 Å². The molecule has 0 saturated carbocycles. The average molecular weight is 397 g/mol. The topological polar surface area (TPSA) is 94.2 Å². The van der Waals surface area contributed by atoms with Gasteiger partial charge in [0, 0.05) is 10.5 Å². The largest absolute Gasteiger partial charge is 0.384 e. The van der Waals surface area contributed by atoms with Gasteiger partial charge in [0.2, 0.25) is 0 Å². The summed E-state index contributed by atoms with van der Waals surface area (Å²) in [5.74, 6) is -1.39. The number of fused-ring (bicyclic) bond motifs is 1. The molecular formula is C15H11BrClN3O3. The van der Waals surface area contributed by atoms with Crippen molar-refractivity contribution < 1.29 is 9.59 Å². The fourth-order valence-corrected chi connectivity index (χ4v) is 3.70. The Balaban J connectivity index is 2.43. The lowest BCUT2D eigenvalue weighted by Gasteiger charge is -2.17. The average Bonchev–Trinajstić information content (AvgIpc) is 2.74. The summed E-state index contributed by atoms with van der Waals surface area (Å²) < 4.78 is 1.73. The maximum Gasteiger partial charge on any atom is 0.262 e. The molecule has 2 amide bonds. The Morgan fingerprint density at radius 3 is 2.48 bits per heavy atom. The van der Waals surface area contributed by atoms with Crippen LogP contribution in [0.4, 0.5) is 5.82 Å². The molecule has 0 aliphatic carbocycles. The van der Waals surface area contributed by atoms with Crippen LogP contribution < -0.4 is 16.6 Å². The number of hydrogen-bond acceptors (Lipinski definition) is 4. The molecular weight excluding hydrogens is 386 g/mol. The molecule has 2 aromatic rings. The molecule has 1 aliphatic rings. The van der Waals surface area contributed by atoms with E-state index in [1.54, 1.807) is 6.07 Å². The first-order chi connectivity index (χ1) is 10.7. The van der Waals surface area contributed by atoms with Crippen LogP contribution in [0.15, 0.2) is 21.4 Å². The van der Waals surface area contributed by atoms with Gasteiger partial charge in [-0.1, -0.05) is 11.6 Å². The van der Waals surface area contributed by atoms with Gasteiger partial charge in [-0.15, -0.1) is 0 Å². The van der Waals surface area contributed by atoms with Crippen molar-refractivity contribution >= 4 is 45.2 Å². The molecule has 6 nitrogen and oxygen atoms in total. The molecule has 0 saturated heterocycles. The molecule has 0 atom stereocenters. The fraction of sp³-hybridized carbons (Fsp3) is 0.133. The fourth-order valence-electron chi connectivity index (χ4n) is 2.54. The SMILES string of the molecule is Cc1cc(Cl)c(-n2c(N)c3c(cc2=O)C(=O)NC3=O)c(Br)c1C. The van der Waals surface area contributed by atoms with Crippen molar-refractivity contribution in [3.05, 3.63) is 54.2 Å². The number of pyridine rings is 1. The molecule has 1 aromatic carbocycles. The van der Waals surface area contributed by atoms with Crippen LogP contribution in [-0.2, 0) is 0 Å². The van der Waals surface area contributed by atoms with Gasteiger partial charge in [0.15, 0.2) is 0 Å². The van der Waals surface area contributed by atoms with Gasteiger partial charge in [0.05, 0.1) is 21.8 Å². The molecule has 2 heterocycles. The van der Waals surface area contributed by atoms with Gasteiger partial charge in [-0.3, -0.25) is 24.3 Å². The normalized spacial score (nSPS) is 13.2. The number of imide groups is 1. The highest BCUT2D eigenvalue weighted by molar-refractivity contribution is 9.10. The maximum atomic E-state index is 12.5. The Bertz CT molecular complexity index is 966. The molecule has 0 bridgehead atoms. The molecule has 1 aromatic heterocycles. The molecule has 118 valence electrons. The number of halogens is 2. The zero-order valence-corrected chi connectivity index (χ0v) is 14.5. The third-order valence-electron chi connectivity index (χ3n) is 3.88. The summed E-state index contributed by atoms with van der Waals surface area (Å²) in [6, 6.07) is 2.80. The Kier molecular flexibility index (Phi) is 3.57. The van der Waals surface area contributed by atoms with Crippen LogP contribution in [-0.4, -0.2) is 16.4 Å². The van der Waals surface area contributed by atoms with Gasteiger partial charge >= 0.3 is 0 Å². The predicted octanol–water partition coefficient (Wildman–Crippen LogP) is 2.34. The van der Waals surface area contributed by atoms with E-state index in [2.05, 4.69) is 21.2 Å². The van der Waals surface area contributed by atoms with Gasteiger partial charge in [-0.25, -0.2) is 0 Å². The van der Waals surface area contributed by atoms with Crippen LogP contribution in [0.25, 0.3) is 5.69 Å². The smallest absolute Gasteiger partial charge is 0.262 e. The van der Waals surface area contributed by atoms with Crippen molar-refractivity contribution in [3.8, 4) is 5.69 Å².